The molecule has 0 bridgehead atoms. The average Bonchev–Trinajstić information content (AvgIpc) is 2.57. The van der Waals surface area contributed by atoms with Gasteiger partial charge in [0.15, 0.2) is 5.84 Å². The molecule has 108 valence electrons. The van der Waals surface area contributed by atoms with Crippen LogP contribution in [0.1, 0.15) is 32.0 Å². The second kappa shape index (κ2) is 5.92. The maximum Gasteiger partial charge on any atom is 0.223 e. The van der Waals surface area contributed by atoms with Crippen LogP contribution in [0.2, 0.25) is 0 Å². The van der Waals surface area contributed by atoms with Gasteiger partial charge in [0.1, 0.15) is 12.2 Å². The zero-order valence-corrected chi connectivity index (χ0v) is 12.1. The van der Waals surface area contributed by atoms with Crippen LogP contribution in [0.15, 0.2) is 5.16 Å². The standard InChI is InChI=1S/C12H22N4O3/c1-8-9(10(13)15-17)11(16(5)14-8)18-6-7-19-12(2,3)4/h17H,6-7H2,1-5H3,(H2,13,15). The molecule has 0 fully saturated rings. The zero-order valence-electron chi connectivity index (χ0n) is 12.1. The lowest BCUT2D eigenvalue weighted by Gasteiger charge is -2.19. The molecule has 0 atom stereocenters. The van der Waals surface area contributed by atoms with Gasteiger partial charge in [0.25, 0.3) is 0 Å². The number of oxime groups is 1. The zero-order chi connectivity index (χ0) is 14.6. The molecule has 0 aromatic carbocycles. The van der Waals surface area contributed by atoms with Crippen LogP contribution in [0.25, 0.3) is 0 Å². The summed E-state index contributed by atoms with van der Waals surface area (Å²) in [7, 11) is 1.74. The summed E-state index contributed by atoms with van der Waals surface area (Å²) in [4.78, 5) is 0. The molecule has 0 aliphatic carbocycles. The Labute approximate surface area is 113 Å². The summed E-state index contributed by atoms with van der Waals surface area (Å²) >= 11 is 0. The van der Waals surface area contributed by atoms with Crippen molar-refractivity contribution in [2.75, 3.05) is 13.2 Å². The van der Waals surface area contributed by atoms with Crippen molar-refractivity contribution in [3.05, 3.63) is 11.3 Å². The van der Waals surface area contributed by atoms with E-state index < -0.39 is 0 Å². The number of nitrogens with two attached hydrogens (primary N) is 1. The normalized spacial score (nSPS) is 12.8. The lowest BCUT2D eigenvalue weighted by molar-refractivity contribution is -0.0172. The quantitative estimate of drug-likeness (QED) is 0.274. The summed E-state index contributed by atoms with van der Waals surface area (Å²) in [5, 5.41) is 15.9. The average molecular weight is 270 g/mol. The van der Waals surface area contributed by atoms with Crippen LogP contribution in [0.3, 0.4) is 0 Å². The molecule has 0 radical (unpaired) electrons. The maximum atomic E-state index is 8.77. The monoisotopic (exact) mass is 270 g/mol. The van der Waals surface area contributed by atoms with Gasteiger partial charge in [-0.2, -0.15) is 5.10 Å². The first-order valence-electron chi connectivity index (χ1n) is 6.04. The van der Waals surface area contributed by atoms with Crippen molar-refractivity contribution in [1.82, 2.24) is 9.78 Å². The van der Waals surface area contributed by atoms with Gasteiger partial charge in [-0.15, -0.1) is 0 Å². The Morgan fingerprint density at radius 3 is 2.58 bits per heavy atom. The van der Waals surface area contributed by atoms with Crippen LogP contribution in [-0.2, 0) is 11.8 Å². The van der Waals surface area contributed by atoms with Crippen LogP contribution in [0.4, 0.5) is 0 Å². The van der Waals surface area contributed by atoms with Crippen molar-refractivity contribution < 1.29 is 14.7 Å². The predicted octanol–water partition coefficient (Wildman–Crippen LogP) is 1.02. The van der Waals surface area contributed by atoms with Gasteiger partial charge in [0.2, 0.25) is 5.88 Å². The molecule has 0 amide bonds. The first kappa shape index (κ1) is 15.3. The van der Waals surface area contributed by atoms with E-state index >= 15 is 0 Å². The topological polar surface area (TPSA) is 94.9 Å². The summed E-state index contributed by atoms with van der Waals surface area (Å²) in [5.74, 6) is 0.447. The summed E-state index contributed by atoms with van der Waals surface area (Å²) in [6.07, 6.45) is 0. The fourth-order valence-electron chi connectivity index (χ4n) is 1.63. The van der Waals surface area contributed by atoms with Crippen molar-refractivity contribution in [3.8, 4) is 5.88 Å². The number of aryl methyl sites for hydroxylation is 2. The third-order valence-corrected chi connectivity index (χ3v) is 2.39. The van der Waals surface area contributed by atoms with Crippen molar-refractivity contribution in [2.45, 2.75) is 33.3 Å². The van der Waals surface area contributed by atoms with Gasteiger partial charge in [0, 0.05) is 7.05 Å². The Kier molecular flexibility index (Phi) is 4.77. The number of nitrogens with zero attached hydrogens (tertiary/aromatic N) is 3. The minimum atomic E-state index is -0.208. The Morgan fingerprint density at radius 1 is 1.42 bits per heavy atom. The molecule has 1 aromatic heterocycles. The van der Waals surface area contributed by atoms with Crippen molar-refractivity contribution in [2.24, 2.45) is 17.9 Å². The fraction of sp³-hybridized carbons (Fsp3) is 0.667. The molecule has 7 nitrogen and oxygen atoms in total. The molecule has 3 N–H and O–H groups in total. The minimum Gasteiger partial charge on any atom is -0.475 e. The molecule has 1 heterocycles. The SMILES string of the molecule is Cc1nn(C)c(OCCOC(C)(C)C)c1C(N)=NO. The highest BCUT2D eigenvalue weighted by Crippen LogP contribution is 2.21. The van der Waals surface area contributed by atoms with Crippen molar-refractivity contribution in [3.63, 3.8) is 0 Å². The lowest BCUT2D eigenvalue weighted by Crippen LogP contribution is -2.23. The highest BCUT2D eigenvalue weighted by Gasteiger charge is 2.19. The van der Waals surface area contributed by atoms with E-state index in [1.54, 1.807) is 18.7 Å². The Bertz CT molecular complexity index is 460. The second-order valence-corrected chi connectivity index (χ2v) is 5.18. The largest absolute Gasteiger partial charge is 0.475 e. The first-order chi connectivity index (χ1) is 8.76. The summed E-state index contributed by atoms with van der Waals surface area (Å²) < 4.78 is 12.7. The minimum absolute atomic E-state index is 0.0164. The maximum absolute atomic E-state index is 8.77. The van der Waals surface area contributed by atoms with E-state index in [4.69, 9.17) is 20.4 Å². The van der Waals surface area contributed by atoms with Crippen LogP contribution in [0, 0.1) is 6.92 Å². The molecular formula is C12H22N4O3. The van der Waals surface area contributed by atoms with E-state index in [0.29, 0.717) is 30.4 Å². The van der Waals surface area contributed by atoms with E-state index in [1.165, 1.54) is 0 Å². The fourth-order valence-corrected chi connectivity index (χ4v) is 1.63. The van der Waals surface area contributed by atoms with Gasteiger partial charge in [-0.05, 0) is 27.7 Å². The predicted molar refractivity (Wildman–Crippen MR) is 71.7 cm³/mol. The third-order valence-electron chi connectivity index (χ3n) is 2.39. The van der Waals surface area contributed by atoms with Gasteiger partial charge in [0.05, 0.1) is 17.9 Å². The Balaban J connectivity index is 2.73. The first-order valence-corrected chi connectivity index (χ1v) is 6.04. The van der Waals surface area contributed by atoms with E-state index in [0.717, 1.165) is 0 Å². The lowest BCUT2D eigenvalue weighted by atomic mass is 10.2. The molecule has 0 saturated heterocycles. The summed E-state index contributed by atoms with van der Waals surface area (Å²) in [6.45, 7) is 8.51. The van der Waals surface area contributed by atoms with Crippen LogP contribution in [-0.4, -0.2) is 39.6 Å². The van der Waals surface area contributed by atoms with Crippen LogP contribution in [0.5, 0.6) is 5.88 Å². The summed E-state index contributed by atoms with van der Waals surface area (Å²) in [5.41, 5.74) is 6.55. The number of hydrogen-bond donors (Lipinski definition) is 2. The van der Waals surface area contributed by atoms with E-state index in [9.17, 15) is 0 Å². The molecular weight excluding hydrogens is 248 g/mol. The van der Waals surface area contributed by atoms with E-state index in [-0.39, 0.29) is 11.4 Å². The van der Waals surface area contributed by atoms with E-state index in [2.05, 4.69) is 10.3 Å². The molecule has 0 aliphatic heterocycles. The van der Waals surface area contributed by atoms with Crippen LogP contribution < -0.4 is 10.5 Å². The van der Waals surface area contributed by atoms with Crippen LogP contribution >= 0.6 is 0 Å². The number of hydrogen-bond acceptors (Lipinski definition) is 5. The van der Waals surface area contributed by atoms with Crippen molar-refractivity contribution >= 4 is 5.84 Å². The second-order valence-electron chi connectivity index (χ2n) is 5.18. The number of ether oxygens (including phenoxy) is 2. The number of amidine groups is 1. The Hall–Kier alpha value is -1.76. The van der Waals surface area contributed by atoms with Gasteiger partial charge < -0.3 is 20.4 Å². The third kappa shape index (κ3) is 4.13. The van der Waals surface area contributed by atoms with Gasteiger partial charge in [-0.1, -0.05) is 5.16 Å². The highest BCUT2D eigenvalue weighted by molar-refractivity contribution is 6.00. The van der Waals surface area contributed by atoms with E-state index in [1.807, 2.05) is 20.8 Å². The van der Waals surface area contributed by atoms with Crippen molar-refractivity contribution in [1.29, 1.82) is 0 Å². The van der Waals surface area contributed by atoms with Gasteiger partial charge in [-0.25, -0.2) is 4.68 Å². The number of rotatable bonds is 5. The molecule has 19 heavy (non-hydrogen) atoms. The molecule has 1 aromatic rings. The van der Waals surface area contributed by atoms with Gasteiger partial charge in [-0.3, -0.25) is 0 Å². The molecule has 0 unspecified atom stereocenters. The summed E-state index contributed by atoms with van der Waals surface area (Å²) in [6, 6.07) is 0. The molecule has 0 saturated carbocycles. The highest BCUT2D eigenvalue weighted by atomic mass is 16.5. The molecule has 0 spiro atoms. The molecule has 0 aliphatic rings. The molecule has 1 rings (SSSR count). The number of aromatic nitrogens is 2. The van der Waals surface area contributed by atoms with Gasteiger partial charge >= 0.3 is 0 Å². The molecule has 7 heteroatoms. The Morgan fingerprint density at radius 2 is 2.05 bits per heavy atom. The smallest absolute Gasteiger partial charge is 0.223 e.